The molecule has 18 nitrogen and oxygen atoms in total. The maximum atomic E-state index is 13.5. The number of phenolic OH excluding ortho intramolecular Hbond substituents is 1. The first kappa shape index (κ1) is 47.5. The van der Waals surface area contributed by atoms with Crippen LogP contribution in [0.5, 0.6) is 5.75 Å². The minimum atomic E-state index is -1.52. The highest BCUT2D eigenvalue weighted by Gasteiger charge is 2.31. The van der Waals surface area contributed by atoms with Gasteiger partial charge in [-0.05, 0) is 67.4 Å². The molecule has 0 aromatic heterocycles. The first-order valence-electron chi connectivity index (χ1n) is 18.3. The van der Waals surface area contributed by atoms with Crippen molar-refractivity contribution in [1.29, 1.82) is 0 Å². The van der Waals surface area contributed by atoms with Crippen LogP contribution in [0.1, 0.15) is 51.2 Å². The second kappa shape index (κ2) is 24.1. The Morgan fingerprint density at radius 2 is 1.26 bits per heavy atom. The van der Waals surface area contributed by atoms with Crippen molar-refractivity contribution < 1.29 is 48.6 Å². The van der Waals surface area contributed by atoms with E-state index in [0.717, 1.165) is 0 Å². The molecule has 0 aliphatic carbocycles. The summed E-state index contributed by atoms with van der Waals surface area (Å²) in [6.45, 7) is 4.44. The van der Waals surface area contributed by atoms with Gasteiger partial charge in [-0.1, -0.05) is 56.3 Å². The topological polar surface area (TPSA) is 301 Å². The number of nitrogens with two attached hydrogens (primary N) is 2. The van der Waals surface area contributed by atoms with E-state index in [2.05, 4.69) is 31.9 Å². The number of benzene rings is 2. The molecule has 0 unspecified atom stereocenters. The molecule has 6 atom stereocenters. The number of rotatable bonds is 24. The van der Waals surface area contributed by atoms with E-state index in [1.807, 2.05) is 0 Å². The van der Waals surface area contributed by atoms with Crippen molar-refractivity contribution in [2.45, 2.75) is 89.1 Å². The van der Waals surface area contributed by atoms with Gasteiger partial charge in [0.15, 0.2) is 0 Å². The Morgan fingerprint density at radius 1 is 0.684 bits per heavy atom. The van der Waals surface area contributed by atoms with Crippen LogP contribution in [0.25, 0.3) is 0 Å². The van der Waals surface area contributed by atoms with Gasteiger partial charge in [0.2, 0.25) is 41.4 Å². The van der Waals surface area contributed by atoms with E-state index < -0.39 is 96.5 Å². The summed E-state index contributed by atoms with van der Waals surface area (Å²) < 4.78 is 0. The molecule has 0 aliphatic heterocycles. The largest absolute Gasteiger partial charge is 0.508 e. The zero-order valence-corrected chi connectivity index (χ0v) is 33.2. The molecule has 312 valence electrons. The molecule has 0 radical (unpaired) electrons. The molecule has 2 aromatic rings. The highest BCUT2D eigenvalue weighted by atomic mass is 32.2. The minimum absolute atomic E-state index is 0.0298. The van der Waals surface area contributed by atoms with E-state index in [0.29, 0.717) is 16.9 Å². The van der Waals surface area contributed by atoms with Crippen LogP contribution in [0.15, 0.2) is 54.6 Å². The quantitative estimate of drug-likeness (QED) is 0.0600. The van der Waals surface area contributed by atoms with Crippen molar-refractivity contribution in [3.8, 4) is 5.75 Å². The second-order valence-corrected chi connectivity index (χ2v) is 14.8. The number of nitrogens with one attached hydrogen (secondary N) is 6. The Labute approximate surface area is 335 Å². The molecule has 57 heavy (non-hydrogen) atoms. The van der Waals surface area contributed by atoms with Gasteiger partial charge in [-0.3, -0.25) is 38.4 Å². The van der Waals surface area contributed by atoms with E-state index in [1.54, 1.807) is 62.6 Å². The van der Waals surface area contributed by atoms with Crippen LogP contribution in [0.3, 0.4) is 0 Å². The molecular weight excluding hydrogens is 761 g/mol. The van der Waals surface area contributed by atoms with E-state index in [-0.39, 0.29) is 37.4 Å². The summed E-state index contributed by atoms with van der Waals surface area (Å²) in [4.78, 5) is 102. The molecule has 0 bridgehead atoms. The highest BCUT2D eigenvalue weighted by molar-refractivity contribution is 7.98. The third kappa shape index (κ3) is 17.8. The fourth-order valence-electron chi connectivity index (χ4n) is 5.41. The van der Waals surface area contributed by atoms with Crippen molar-refractivity contribution >= 4 is 59.1 Å². The Bertz CT molecular complexity index is 1700. The fraction of sp³-hybridized carbons (Fsp3) is 0.474. The van der Waals surface area contributed by atoms with Crippen LogP contribution in [0, 0.1) is 5.92 Å². The molecule has 0 saturated heterocycles. The summed E-state index contributed by atoms with van der Waals surface area (Å²) in [6.07, 6.45) is 1.43. The predicted molar refractivity (Wildman–Crippen MR) is 212 cm³/mol. The van der Waals surface area contributed by atoms with Gasteiger partial charge in [-0.25, -0.2) is 0 Å². The van der Waals surface area contributed by atoms with E-state index in [9.17, 15) is 43.5 Å². The summed E-state index contributed by atoms with van der Waals surface area (Å²) >= 11 is 1.38. The smallest absolute Gasteiger partial charge is 0.305 e. The monoisotopic (exact) mass is 814 g/mol. The standard InChI is InChI=1S/C38H54N8O10S/c1-21(2)16-29(38(56)44-27(14-15-57-4)37(55)45-28(33(40)51)19-32(49)50)43-31(48)20-41-36(54)30(18-23-8-6-5-7-9-23)46-34(52)22(3)42-35(53)26(39)17-24-10-12-25(47)13-11-24/h5-13,21-22,26-30,47H,14-20,39H2,1-4H3,(H2,40,51)(H,41,54)(H,42,53)(H,43,48)(H,44,56)(H,45,55)(H,46,52)(H,49,50)/t22-,26+,27+,28+,29+,30+/m1/s1. The van der Waals surface area contributed by atoms with Gasteiger partial charge in [0.1, 0.15) is 36.0 Å². The van der Waals surface area contributed by atoms with Crippen LogP contribution in [0.2, 0.25) is 0 Å². The maximum absolute atomic E-state index is 13.5. The first-order chi connectivity index (χ1) is 26.9. The van der Waals surface area contributed by atoms with Crippen molar-refractivity contribution in [1.82, 2.24) is 31.9 Å². The van der Waals surface area contributed by atoms with E-state index in [1.165, 1.54) is 30.8 Å². The normalized spacial score (nSPS) is 14.1. The van der Waals surface area contributed by atoms with Crippen LogP contribution in [-0.2, 0) is 51.2 Å². The third-order valence-electron chi connectivity index (χ3n) is 8.46. The first-order valence-corrected chi connectivity index (χ1v) is 19.6. The SMILES string of the molecule is CSCC[C@H](NC(=O)[C@H](CC(C)C)NC(=O)CNC(=O)[C@H](Cc1ccccc1)NC(=O)[C@@H](C)NC(=O)[C@@H](N)Cc1ccc(O)cc1)C(=O)N[C@@H](CC(=O)O)C(N)=O. The number of carbonyl (C=O) groups excluding carboxylic acids is 7. The van der Waals surface area contributed by atoms with Gasteiger partial charge >= 0.3 is 5.97 Å². The number of carbonyl (C=O) groups is 8. The molecule has 12 N–H and O–H groups in total. The number of aromatic hydroxyl groups is 1. The Kier molecular flexibility index (Phi) is 20.0. The lowest BCUT2D eigenvalue weighted by atomic mass is 10.0. The molecule has 19 heteroatoms. The lowest BCUT2D eigenvalue weighted by Gasteiger charge is -2.25. The predicted octanol–water partition coefficient (Wildman–Crippen LogP) is -1.18. The molecule has 0 spiro atoms. The fourth-order valence-corrected chi connectivity index (χ4v) is 5.88. The van der Waals surface area contributed by atoms with Crippen LogP contribution >= 0.6 is 11.8 Å². The average Bonchev–Trinajstić information content (AvgIpc) is 3.15. The average molecular weight is 815 g/mol. The Morgan fingerprint density at radius 3 is 1.84 bits per heavy atom. The van der Waals surface area contributed by atoms with Crippen molar-refractivity contribution in [2.24, 2.45) is 17.4 Å². The number of carboxylic acid groups (broad SMARTS) is 1. The Balaban J connectivity index is 2.11. The maximum Gasteiger partial charge on any atom is 0.305 e. The van der Waals surface area contributed by atoms with E-state index >= 15 is 0 Å². The molecule has 7 amide bonds. The summed E-state index contributed by atoms with van der Waals surface area (Å²) in [7, 11) is 0. The summed E-state index contributed by atoms with van der Waals surface area (Å²) in [5, 5.41) is 33.7. The van der Waals surface area contributed by atoms with Gasteiger partial charge in [0, 0.05) is 6.42 Å². The van der Waals surface area contributed by atoms with Gasteiger partial charge in [0.05, 0.1) is 19.0 Å². The molecule has 0 heterocycles. The molecular formula is C38H54N8O10S. The van der Waals surface area contributed by atoms with Gasteiger partial charge in [0.25, 0.3) is 0 Å². The molecule has 0 saturated carbocycles. The van der Waals surface area contributed by atoms with E-state index in [4.69, 9.17) is 16.6 Å². The number of carboxylic acids is 1. The lowest BCUT2D eigenvalue weighted by Crippen LogP contribution is -2.58. The highest BCUT2D eigenvalue weighted by Crippen LogP contribution is 2.12. The molecule has 0 aliphatic rings. The number of hydrogen-bond donors (Lipinski definition) is 10. The molecule has 2 rings (SSSR count). The number of phenols is 1. The molecule has 0 fully saturated rings. The Hall–Kier alpha value is -5.69. The minimum Gasteiger partial charge on any atom is -0.508 e. The number of primary amides is 1. The van der Waals surface area contributed by atoms with Crippen molar-refractivity contribution in [3.05, 3.63) is 65.7 Å². The van der Waals surface area contributed by atoms with Crippen molar-refractivity contribution in [2.75, 3.05) is 18.6 Å². The van der Waals surface area contributed by atoms with Crippen LogP contribution in [-0.4, -0.2) is 112 Å². The second-order valence-electron chi connectivity index (χ2n) is 13.8. The summed E-state index contributed by atoms with van der Waals surface area (Å²) in [5.41, 5.74) is 12.7. The lowest BCUT2D eigenvalue weighted by molar-refractivity contribution is -0.140. The number of thioether (sulfide) groups is 1. The van der Waals surface area contributed by atoms with Crippen LogP contribution in [0.4, 0.5) is 0 Å². The van der Waals surface area contributed by atoms with Crippen molar-refractivity contribution in [3.63, 3.8) is 0 Å². The summed E-state index contributed by atoms with van der Waals surface area (Å²) in [6, 6.07) is 7.75. The number of hydrogen-bond acceptors (Lipinski definition) is 11. The zero-order chi connectivity index (χ0) is 42.7. The van der Waals surface area contributed by atoms with Gasteiger partial charge in [-0.2, -0.15) is 11.8 Å². The molecule has 2 aromatic carbocycles. The van der Waals surface area contributed by atoms with Gasteiger partial charge < -0.3 is 53.6 Å². The number of amides is 7. The third-order valence-corrected chi connectivity index (χ3v) is 9.10. The van der Waals surface area contributed by atoms with Gasteiger partial charge in [-0.15, -0.1) is 0 Å². The summed E-state index contributed by atoms with van der Waals surface area (Å²) in [5.74, 6) is -6.43. The number of aliphatic carboxylic acids is 1. The zero-order valence-electron chi connectivity index (χ0n) is 32.4. The van der Waals surface area contributed by atoms with Crippen LogP contribution < -0.4 is 43.4 Å².